The Bertz CT molecular complexity index is 426. The SMILES string of the molecule is Nc1cc(Cc2cnco2)ccc1F. The van der Waals surface area contributed by atoms with E-state index in [-0.39, 0.29) is 5.69 Å². The first-order chi connectivity index (χ1) is 6.75. The van der Waals surface area contributed by atoms with Crippen LogP contribution in [0.1, 0.15) is 11.3 Å². The lowest BCUT2D eigenvalue weighted by Crippen LogP contribution is -1.93. The van der Waals surface area contributed by atoms with Crippen LogP contribution in [0.2, 0.25) is 0 Å². The summed E-state index contributed by atoms with van der Waals surface area (Å²) in [5, 5.41) is 0. The van der Waals surface area contributed by atoms with Crippen LogP contribution in [-0.2, 0) is 6.42 Å². The molecule has 2 aromatic rings. The van der Waals surface area contributed by atoms with Gasteiger partial charge in [0.2, 0.25) is 0 Å². The van der Waals surface area contributed by atoms with E-state index in [1.165, 1.54) is 12.5 Å². The summed E-state index contributed by atoms with van der Waals surface area (Å²) < 4.78 is 17.9. The van der Waals surface area contributed by atoms with Crippen molar-refractivity contribution in [2.24, 2.45) is 0 Å². The molecule has 1 aromatic heterocycles. The lowest BCUT2D eigenvalue weighted by molar-refractivity contribution is 0.514. The topological polar surface area (TPSA) is 52.0 Å². The Morgan fingerprint density at radius 2 is 2.29 bits per heavy atom. The summed E-state index contributed by atoms with van der Waals surface area (Å²) in [6, 6.07) is 4.62. The number of hydrogen-bond donors (Lipinski definition) is 1. The van der Waals surface area contributed by atoms with Crippen LogP contribution in [0, 0.1) is 5.82 Å². The largest absolute Gasteiger partial charge is 0.448 e. The van der Waals surface area contributed by atoms with Gasteiger partial charge in [0.25, 0.3) is 0 Å². The fourth-order valence-electron chi connectivity index (χ4n) is 1.23. The van der Waals surface area contributed by atoms with Crippen molar-refractivity contribution in [1.29, 1.82) is 0 Å². The summed E-state index contributed by atoms with van der Waals surface area (Å²) in [5.41, 5.74) is 6.49. The van der Waals surface area contributed by atoms with Crippen molar-refractivity contribution in [2.45, 2.75) is 6.42 Å². The first-order valence-corrected chi connectivity index (χ1v) is 4.17. The van der Waals surface area contributed by atoms with Gasteiger partial charge in [-0.15, -0.1) is 0 Å². The fourth-order valence-corrected chi connectivity index (χ4v) is 1.23. The van der Waals surface area contributed by atoms with E-state index in [9.17, 15) is 4.39 Å². The zero-order valence-electron chi connectivity index (χ0n) is 7.40. The van der Waals surface area contributed by atoms with Crippen molar-refractivity contribution in [1.82, 2.24) is 4.98 Å². The van der Waals surface area contributed by atoms with Gasteiger partial charge in [-0.05, 0) is 17.7 Å². The lowest BCUT2D eigenvalue weighted by Gasteiger charge is -2.00. The summed E-state index contributed by atoms with van der Waals surface area (Å²) in [6.07, 6.45) is 3.56. The van der Waals surface area contributed by atoms with Crippen LogP contribution in [-0.4, -0.2) is 4.98 Å². The maximum atomic E-state index is 12.8. The van der Waals surface area contributed by atoms with Crippen LogP contribution in [0.4, 0.5) is 10.1 Å². The van der Waals surface area contributed by atoms with E-state index in [1.54, 1.807) is 18.3 Å². The summed E-state index contributed by atoms with van der Waals surface area (Å²) in [6.45, 7) is 0. The molecule has 1 aromatic carbocycles. The minimum absolute atomic E-state index is 0.155. The number of aromatic nitrogens is 1. The van der Waals surface area contributed by atoms with Gasteiger partial charge in [0.05, 0.1) is 11.9 Å². The third-order valence-corrected chi connectivity index (χ3v) is 1.92. The highest BCUT2D eigenvalue weighted by molar-refractivity contribution is 5.43. The van der Waals surface area contributed by atoms with E-state index in [0.717, 1.165) is 11.3 Å². The van der Waals surface area contributed by atoms with Crippen molar-refractivity contribution >= 4 is 5.69 Å². The minimum atomic E-state index is -0.397. The van der Waals surface area contributed by atoms with Crippen LogP contribution < -0.4 is 5.73 Å². The van der Waals surface area contributed by atoms with Gasteiger partial charge < -0.3 is 10.2 Å². The Hall–Kier alpha value is -1.84. The van der Waals surface area contributed by atoms with Crippen LogP contribution in [0.15, 0.2) is 35.2 Å². The molecular formula is C10H9FN2O. The van der Waals surface area contributed by atoms with E-state index < -0.39 is 5.82 Å². The Kier molecular flexibility index (Phi) is 2.18. The van der Waals surface area contributed by atoms with Crippen LogP contribution in [0.3, 0.4) is 0 Å². The van der Waals surface area contributed by atoms with E-state index in [0.29, 0.717) is 6.42 Å². The molecule has 4 heteroatoms. The molecule has 1 heterocycles. The molecule has 2 rings (SSSR count). The van der Waals surface area contributed by atoms with Crippen LogP contribution in [0.25, 0.3) is 0 Å². The van der Waals surface area contributed by atoms with E-state index in [1.807, 2.05) is 0 Å². The van der Waals surface area contributed by atoms with Gasteiger partial charge >= 0.3 is 0 Å². The van der Waals surface area contributed by atoms with Gasteiger partial charge in [0.15, 0.2) is 6.39 Å². The molecule has 0 saturated heterocycles. The molecule has 0 aliphatic heterocycles. The number of halogens is 1. The maximum absolute atomic E-state index is 12.8. The van der Waals surface area contributed by atoms with Gasteiger partial charge in [0, 0.05) is 6.42 Å². The number of nitrogen functional groups attached to an aromatic ring is 1. The van der Waals surface area contributed by atoms with E-state index in [2.05, 4.69) is 4.98 Å². The molecule has 14 heavy (non-hydrogen) atoms. The van der Waals surface area contributed by atoms with Gasteiger partial charge in [0.1, 0.15) is 11.6 Å². The second kappa shape index (κ2) is 3.49. The number of rotatable bonds is 2. The first-order valence-electron chi connectivity index (χ1n) is 4.17. The molecule has 0 spiro atoms. The van der Waals surface area contributed by atoms with E-state index >= 15 is 0 Å². The molecule has 0 bridgehead atoms. The summed E-state index contributed by atoms with van der Waals surface area (Å²) in [4.78, 5) is 3.79. The number of anilines is 1. The molecule has 0 amide bonds. The Balaban J connectivity index is 2.22. The molecule has 3 nitrogen and oxygen atoms in total. The van der Waals surface area contributed by atoms with Crippen molar-refractivity contribution in [3.05, 3.63) is 47.9 Å². The molecule has 0 atom stereocenters. The average molecular weight is 192 g/mol. The zero-order chi connectivity index (χ0) is 9.97. The second-order valence-corrected chi connectivity index (χ2v) is 3.00. The first kappa shape index (κ1) is 8.74. The third-order valence-electron chi connectivity index (χ3n) is 1.92. The predicted molar refractivity (Wildman–Crippen MR) is 50.1 cm³/mol. The Morgan fingerprint density at radius 1 is 1.43 bits per heavy atom. The Morgan fingerprint density at radius 3 is 2.93 bits per heavy atom. The molecule has 2 N–H and O–H groups in total. The predicted octanol–water partition coefficient (Wildman–Crippen LogP) is 1.99. The van der Waals surface area contributed by atoms with Crippen molar-refractivity contribution in [3.8, 4) is 0 Å². The highest BCUT2D eigenvalue weighted by atomic mass is 19.1. The van der Waals surface area contributed by atoms with Crippen LogP contribution >= 0.6 is 0 Å². The highest BCUT2D eigenvalue weighted by Gasteiger charge is 2.02. The molecule has 0 fully saturated rings. The van der Waals surface area contributed by atoms with E-state index in [4.69, 9.17) is 10.2 Å². The highest BCUT2D eigenvalue weighted by Crippen LogP contribution is 2.15. The monoisotopic (exact) mass is 192 g/mol. The van der Waals surface area contributed by atoms with Crippen LogP contribution in [0.5, 0.6) is 0 Å². The van der Waals surface area contributed by atoms with Gasteiger partial charge in [-0.3, -0.25) is 0 Å². The van der Waals surface area contributed by atoms with Gasteiger partial charge in [-0.1, -0.05) is 6.07 Å². The number of nitrogens with zero attached hydrogens (tertiary/aromatic N) is 1. The summed E-state index contributed by atoms with van der Waals surface area (Å²) >= 11 is 0. The number of oxazole rings is 1. The van der Waals surface area contributed by atoms with Crippen molar-refractivity contribution in [3.63, 3.8) is 0 Å². The fraction of sp³-hybridized carbons (Fsp3) is 0.100. The van der Waals surface area contributed by atoms with Crippen molar-refractivity contribution < 1.29 is 8.81 Å². The molecule has 0 radical (unpaired) electrons. The quantitative estimate of drug-likeness (QED) is 0.740. The standard InChI is InChI=1S/C10H9FN2O/c11-9-2-1-7(4-10(9)12)3-8-5-13-6-14-8/h1-2,4-6H,3,12H2. The molecule has 0 aliphatic carbocycles. The third kappa shape index (κ3) is 1.74. The maximum Gasteiger partial charge on any atom is 0.180 e. The molecular weight excluding hydrogens is 183 g/mol. The molecule has 0 unspecified atom stereocenters. The van der Waals surface area contributed by atoms with Gasteiger partial charge in [-0.25, -0.2) is 9.37 Å². The number of nitrogens with two attached hydrogens (primary N) is 1. The minimum Gasteiger partial charge on any atom is -0.448 e. The molecule has 0 aliphatic rings. The summed E-state index contributed by atoms with van der Waals surface area (Å²) in [5.74, 6) is 0.335. The van der Waals surface area contributed by atoms with Gasteiger partial charge in [-0.2, -0.15) is 0 Å². The summed E-state index contributed by atoms with van der Waals surface area (Å²) in [7, 11) is 0. The smallest absolute Gasteiger partial charge is 0.180 e. The number of hydrogen-bond acceptors (Lipinski definition) is 3. The average Bonchev–Trinajstić information content (AvgIpc) is 2.64. The van der Waals surface area contributed by atoms with Crippen molar-refractivity contribution in [2.75, 3.05) is 5.73 Å². The second-order valence-electron chi connectivity index (χ2n) is 3.00. The molecule has 72 valence electrons. The normalized spacial score (nSPS) is 10.4. The number of benzene rings is 1. The lowest BCUT2D eigenvalue weighted by atomic mass is 10.1. The Labute approximate surface area is 80.4 Å². The zero-order valence-corrected chi connectivity index (χ0v) is 7.40. The molecule has 0 saturated carbocycles.